The fourth-order valence-electron chi connectivity index (χ4n) is 3.18. The van der Waals surface area contributed by atoms with Crippen LogP contribution in [0.5, 0.6) is 11.8 Å². The number of amides is 1. The third kappa shape index (κ3) is 4.36. The van der Waals surface area contributed by atoms with Crippen molar-refractivity contribution >= 4 is 5.91 Å². The molecule has 28 heavy (non-hydrogen) atoms. The van der Waals surface area contributed by atoms with Gasteiger partial charge in [0.05, 0.1) is 14.2 Å². The first kappa shape index (κ1) is 19.9. The maximum Gasteiger partial charge on any atom is 0.316 e. The summed E-state index contributed by atoms with van der Waals surface area (Å²) in [6.07, 6.45) is 4.11. The Kier molecular flexibility index (Phi) is 6.35. The summed E-state index contributed by atoms with van der Waals surface area (Å²) in [7, 11) is 2.83. The summed E-state index contributed by atoms with van der Waals surface area (Å²) < 4.78 is 37.9. The van der Waals surface area contributed by atoms with Gasteiger partial charge in [-0.05, 0) is 18.6 Å². The van der Waals surface area contributed by atoms with Crippen LogP contribution in [-0.2, 0) is 6.54 Å². The number of ether oxygens (including phenoxy) is 2. The zero-order valence-electron chi connectivity index (χ0n) is 15.8. The summed E-state index contributed by atoms with van der Waals surface area (Å²) in [6, 6.07) is 2.52. The van der Waals surface area contributed by atoms with Gasteiger partial charge < -0.3 is 14.4 Å². The number of hydrogen-bond donors (Lipinski definition) is 0. The lowest BCUT2D eigenvalue weighted by Gasteiger charge is -2.23. The largest absolute Gasteiger partial charge is 0.496 e. The Balaban J connectivity index is 1.68. The van der Waals surface area contributed by atoms with E-state index in [1.807, 2.05) is 0 Å². The zero-order chi connectivity index (χ0) is 20.1. The molecule has 1 aromatic heterocycles. The lowest BCUT2D eigenvalue weighted by molar-refractivity contribution is 0.0751. The summed E-state index contributed by atoms with van der Waals surface area (Å²) in [6.45, 7) is 2.84. The zero-order valence-corrected chi connectivity index (χ0v) is 15.8. The van der Waals surface area contributed by atoms with E-state index in [0.717, 1.165) is 18.2 Å². The second-order valence-corrected chi connectivity index (χ2v) is 6.44. The third-order valence-electron chi connectivity index (χ3n) is 4.64. The Morgan fingerprint density at radius 1 is 1.07 bits per heavy atom. The van der Waals surface area contributed by atoms with Gasteiger partial charge in [-0.2, -0.15) is 0 Å². The van der Waals surface area contributed by atoms with Crippen LogP contribution in [0.4, 0.5) is 8.78 Å². The molecular formula is C19H22F2N4O3. The summed E-state index contributed by atoms with van der Waals surface area (Å²) in [5.41, 5.74) is 0.568. The Morgan fingerprint density at radius 3 is 2.50 bits per heavy atom. The van der Waals surface area contributed by atoms with E-state index in [1.165, 1.54) is 25.2 Å². The fourth-order valence-corrected chi connectivity index (χ4v) is 3.18. The van der Waals surface area contributed by atoms with Gasteiger partial charge in [-0.1, -0.05) is 0 Å². The number of halogens is 2. The number of carbonyl (C=O) groups is 1. The van der Waals surface area contributed by atoms with Crippen molar-refractivity contribution in [1.82, 2.24) is 19.8 Å². The van der Waals surface area contributed by atoms with Gasteiger partial charge in [0.25, 0.3) is 5.91 Å². The van der Waals surface area contributed by atoms with E-state index in [-0.39, 0.29) is 11.3 Å². The van der Waals surface area contributed by atoms with Crippen LogP contribution >= 0.6 is 0 Å². The first-order chi connectivity index (χ1) is 13.5. The van der Waals surface area contributed by atoms with Crippen molar-refractivity contribution in [3.05, 3.63) is 47.3 Å². The number of benzene rings is 1. The quantitative estimate of drug-likeness (QED) is 0.777. The van der Waals surface area contributed by atoms with Crippen molar-refractivity contribution in [3.63, 3.8) is 0 Å². The average molecular weight is 392 g/mol. The number of nitrogens with zero attached hydrogens (tertiary/aromatic N) is 4. The van der Waals surface area contributed by atoms with Gasteiger partial charge in [0, 0.05) is 50.7 Å². The van der Waals surface area contributed by atoms with E-state index in [4.69, 9.17) is 9.47 Å². The molecule has 1 aliphatic heterocycles. The maximum absolute atomic E-state index is 14.2. The van der Waals surface area contributed by atoms with Gasteiger partial charge in [0.1, 0.15) is 11.3 Å². The normalized spacial score (nSPS) is 15.2. The lowest BCUT2D eigenvalue weighted by atomic mass is 10.1. The molecule has 2 heterocycles. The van der Waals surface area contributed by atoms with Gasteiger partial charge >= 0.3 is 6.01 Å². The first-order valence-corrected chi connectivity index (χ1v) is 8.92. The van der Waals surface area contributed by atoms with Crippen LogP contribution in [0.2, 0.25) is 0 Å². The molecule has 0 unspecified atom stereocenters. The molecule has 1 aliphatic rings. The van der Waals surface area contributed by atoms with Crippen molar-refractivity contribution in [2.45, 2.75) is 13.0 Å². The molecule has 3 rings (SSSR count). The highest BCUT2D eigenvalue weighted by Gasteiger charge is 2.27. The first-order valence-electron chi connectivity index (χ1n) is 8.92. The molecule has 0 atom stereocenters. The molecule has 150 valence electrons. The molecule has 1 saturated heterocycles. The van der Waals surface area contributed by atoms with Gasteiger partial charge in [0.2, 0.25) is 0 Å². The summed E-state index contributed by atoms with van der Waals surface area (Å²) >= 11 is 0. The average Bonchev–Trinajstić information content (AvgIpc) is 2.95. The van der Waals surface area contributed by atoms with Crippen LogP contribution in [0.3, 0.4) is 0 Å². The molecule has 7 nitrogen and oxygen atoms in total. The third-order valence-corrected chi connectivity index (χ3v) is 4.64. The summed E-state index contributed by atoms with van der Waals surface area (Å²) in [5, 5.41) is 0. The predicted molar refractivity (Wildman–Crippen MR) is 97.3 cm³/mol. The predicted octanol–water partition coefficient (Wildman–Crippen LogP) is 2.12. The second kappa shape index (κ2) is 8.92. The minimum absolute atomic E-state index is 0.0281. The number of hydrogen-bond acceptors (Lipinski definition) is 6. The summed E-state index contributed by atoms with van der Waals surface area (Å²) in [5.74, 6) is -2.79. The molecule has 9 heteroatoms. The van der Waals surface area contributed by atoms with Gasteiger partial charge in [-0.3, -0.25) is 9.69 Å². The molecule has 0 radical (unpaired) electrons. The van der Waals surface area contributed by atoms with Crippen LogP contribution < -0.4 is 9.47 Å². The van der Waals surface area contributed by atoms with Gasteiger partial charge in [-0.25, -0.2) is 18.7 Å². The highest BCUT2D eigenvalue weighted by atomic mass is 19.2. The van der Waals surface area contributed by atoms with E-state index in [1.54, 1.807) is 12.4 Å². The summed E-state index contributed by atoms with van der Waals surface area (Å²) in [4.78, 5) is 24.7. The van der Waals surface area contributed by atoms with Crippen molar-refractivity contribution in [1.29, 1.82) is 0 Å². The van der Waals surface area contributed by atoms with Crippen LogP contribution in [0.25, 0.3) is 0 Å². The number of methoxy groups -OCH3 is 2. The molecular weight excluding hydrogens is 370 g/mol. The van der Waals surface area contributed by atoms with E-state index in [9.17, 15) is 13.6 Å². The Morgan fingerprint density at radius 2 is 1.82 bits per heavy atom. The topological polar surface area (TPSA) is 67.8 Å². The molecule has 0 aliphatic carbocycles. The molecule has 1 aromatic carbocycles. The van der Waals surface area contributed by atoms with E-state index >= 15 is 0 Å². The number of aromatic nitrogens is 2. The molecule has 0 bridgehead atoms. The van der Waals surface area contributed by atoms with E-state index in [0.29, 0.717) is 38.6 Å². The molecule has 1 fully saturated rings. The highest BCUT2D eigenvalue weighted by molar-refractivity contribution is 5.97. The number of carbonyl (C=O) groups excluding carboxylic acids is 1. The van der Waals surface area contributed by atoms with Crippen LogP contribution in [0, 0.1) is 11.6 Å². The number of rotatable bonds is 5. The minimum Gasteiger partial charge on any atom is -0.496 e. The van der Waals surface area contributed by atoms with Gasteiger partial charge in [-0.15, -0.1) is 0 Å². The SMILES string of the molecule is COc1ncc(CN2CCCN(C(=O)c3c(OC)ccc(F)c3F)CC2)cn1. The molecule has 1 amide bonds. The van der Waals surface area contributed by atoms with Crippen LogP contribution in [0.15, 0.2) is 24.5 Å². The van der Waals surface area contributed by atoms with E-state index in [2.05, 4.69) is 14.9 Å². The van der Waals surface area contributed by atoms with E-state index < -0.39 is 17.5 Å². The second-order valence-electron chi connectivity index (χ2n) is 6.44. The Bertz CT molecular complexity index is 833. The minimum atomic E-state index is -1.18. The van der Waals surface area contributed by atoms with Crippen molar-refractivity contribution in [2.24, 2.45) is 0 Å². The van der Waals surface area contributed by atoms with Crippen molar-refractivity contribution < 1.29 is 23.0 Å². The van der Waals surface area contributed by atoms with Crippen LogP contribution in [-0.4, -0.2) is 66.1 Å². The maximum atomic E-state index is 14.2. The van der Waals surface area contributed by atoms with Crippen LogP contribution in [0.1, 0.15) is 22.3 Å². The molecule has 0 saturated carbocycles. The standard InChI is InChI=1S/C19H22F2N4O3/c1-27-15-5-4-14(20)17(21)16(15)18(26)25-7-3-6-24(8-9-25)12-13-10-22-19(28-2)23-11-13/h4-5,10-11H,3,6-9,12H2,1-2H3. The monoisotopic (exact) mass is 392 g/mol. The van der Waals surface area contributed by atoms with Gasteiger partial charge in [0.15, 0.2) is 11.6 Å². The lowest BCUT2D eigenvalue weighted by Crippen LogP contribution is -2.36. The smallest absolute Gasteiger partial charge is 0.316 e. The Labute approximate surface area is 161 Å². The molecule has 0 spiro atoms. The molecule has 2 aromatic rings. The molecule has 0 N–H and O–H groups in total. The fraction of sp³-hybridized carbons (Fsp3) is 0.421. The van der Waals surface area contributed by atoms with Crippen molar-refractivity contribution in [2.75, 3.05) is 40.4 Å². The van der Waals surface area contributed by atoms with Crippen molar-refractivity contribution in [3.8, 4) is 11.8 Å². The Hall–Kier alpha value is -2.81. The highest BCUT2D eigenvalue weighted by Crippen LogP contribution is 2.25.